The Hall–Kier alpha value is 0.580. The zero-order chi connectivity index (χ0) is 14.4. The molecule has 0 aromatic rings. The van der Waals surface area contributed by atoms with Crippen molar-refractivity contribution >= 4 is 23.5 Å². The number of hydrogen-bond acceptors (Lipinski definition) is 5. The molecule has 3 atom stereocenters. The highest BCUT2D eigenvalue weighted by atomic mass is 32.2. The first-order valence-corrected chi connectivity index (χ1v) is 10.1. The highest BCUT2D eigenvalue weighted by Gasteiger charge is 2.28. The monoisotopic (exact) mass is 319 g/mol. The van der Waals surface area contributed by atoms with E-state index in [1.807, 2.05) is 23.5 Å². The third-order valence-electron chi connectivity index (χ3n) is 4.47. The molecular formula is C15H29NO2S2. The first-order chi connectivity index (χ1) is 9.66. The van der Waals surface area contributed by atoms with Crippen LogP contribution in [0, 0.1) is 5.92 Å². The summed E-state index contributed by atoms with van der Waals surface area (Å²) in [7, 11) is 0. The Labute approximate surface area is 131 Å². The first kappa shape index (κ1) is 16.9. The van der Waals surface area contributed by atoms with Crippen molar-refractivity contribution in [2.45, 2.75) is 74.2 Å². The summed E-state index contributed by atoms with van der Waals surface area (Å²) in [5.74, 6) is 2.93. The van der Waals surface area contributed by atoms with E-state index in [0.717, 1.165) is 17.9 Å². The van der Waals surface area contributed by atoms with Crippen molar-refractivity contribution in [2.24, 2.45) is 11.7 Å². The quantitative estimate of drug-likeness (QED) is 0.702. The lowest BCUT2D eigenvalue weighted by atomic mass is 9.83. The predicted octanol–water partition coefficient (Wildman–Crippen LogP) is 2.59. The van der Waals surface area contributed by atoms with Gasteiger partial charge in [-0.1, -0.05) is 32.1 Å². The molecule has 1 aliphatic heterocycles. The van der Waals surface area contributed by atoms with Crippen LogP contribution in [0.5, 0.6) is 0 Å². The van der Waals surface area contributed by atoms with E-state index in [4.69, 9.17) is 5.73 Å². The Bertz CT molecular complexity index is 269. The van der Waals surface area contributed by atoms with Crippen LogP contribution < -0.4 is 5.73 Å². The van der Waals surface area contributed by atoms with Crippen LogP contribution in [0.2, 0.25) is 0 Å². The second-order valence-corrected chi connectivity index (χ2v) is 9.03. The number of rotatable bonds is 6. The van der Waals surface area contributed by atoms with Crippen molar-refractivity contribution in [3.63, 3.8) is 0 Å². The zero-order valence-corrected chi connectivity index (χ0v) is 13.9. The van der Waals surface area contributed by atoms with Gasteiger partial charge in [-0.25, -0.2) is 0 Å². The number of nitrogens with two attached hydrogens (primary N) is 1. The molecule has 2 aliphatic rings. The molecule has 20 heavy (non-hydrogen) atoms. The molecule has 3 unspecified atom stereocenters. The minimum absolute atomic E-state index is 0.175. The third kappa shape index (κ3) is 5.41. The van der Waals surface area contributed by atoms with E-state index in [1.165, 1.54) is 38.5 Å². The summed E-state index contributed by atoms with van der Waals surface area (Å²) in [6.07, 6.45) is 8.07. The van der Waals surface area contributed by atoms with Crippen LogP contribution in [0.25, 0.3) is 0 Å². The van der Waals surface area contributed by atoms with Crippen molar-refractivity contribution in [3.05, 3.63) is 0 Å². The number of aliphatic hydroxyl groups is 2. The standard InChI is InChI=1S/C15H29NO2S2/c16-12(9-11-5-2-1-3-6-11)13(17)10-14(18)15-19-7-4-8-20-15/h11-15,17-18H,1-10,16H2. The lowest BCUT2D eigenvalue weighted by Crippen LogP contribution is -2.40. The summed E-state index contributed by atoms with van der Waals surface area (Å²) in [6.45, 7) is 0. The second-order valence-electron chi connectivity index (χ2n) is 6.24. The maximum absolute atomic E-state index is 10.2. The van der Waals surface area contributed by atoms with Gasteiger partial charge in [0.05, 0.1) is 16.8 Å². The Morgan fingerprint density at radius 2 is 1.65 bits per heavy atom. The normalized spacial score (nSPS) is 27.1. The van der Waals surface area contributed by atoms with E-state index < -0.39 is 12.2 Å². The van der Waals surface area contributed by atoms with Crippen LogP contribution in [0.15, 0.2) is 0 Å². The predicted molar refractivity (Wildman–Crippen MR) is 89.1 cm³/mol. The van der Waals surface area contributed by atoms with Crippen LogP contribution in [-0.2, 0) is 0 Å². The number of aliphatic hydroxyl groups excluding tert-OH is 2. The minimum atomic E-state index is -0.560. The van der Waals surface area contributed by atoms with Crippen LogP contribution in [0.3, 0.4) is 0 Å². The van der Waals surface area contributed by atoms with Gasteiger partial charge in [0.2, 0.25) is 0 Å². The minimum Gasteiger partial charge on any atom is -0.391 e. The van der Waals surface area contributed by atoms with Gasteiger partial charge in [0.15, 0.2) is 0 Å². The summed E-state index contributed by atoms with van der Waals surface area (Å²) in [4.78, 5) is 0. The molecule has 4 N–H and O–H groups in total. The molecule has 2 rings (SSSR count). The maximum atomic E-state index is 10.2. The summed E-state index contributed by atoms with van der Waals surface area (Å²) in [6, 6.07) is -0.175. The fourth-order valence-electron chi connectivity index (χ4n) is 3.23. The summed E-state index contributed by atoms with van der Waals surface area (Å²) >= 11 is 3.64. The topological polar surface area (TPSA) is 66.5 Å². The van der Waals surface area contributed by atoms with Gasteiger partial charge in [-0.15, -0.1) is 23.5 Å². The summed E-state index contributed by atoms with van der Waals surface area (Å²) < 4.78 is 0.222. The maximum Gasteiger partial charge on any atom is 0.0775 e. The summed E-state index contributed by atoms with van der Waals surface area (Å²) in [5.41, 5.74) is 6.15. The molecule has 1 saturated carbocycles. The summed E-state index contributed by atoms with van der Waals surface area (Å²) in [5, 5.41) is 20.5. The average molecular weight is 320 g/mol. The Balaban J connectivity index is 1.70. The van der Waals surface area contributed by atoms with Gasteiger partial charge in [0, 0.05) is 12.5 Å². The highest BCUT2D eigenvalue weighted by molar-refractivity contribution is 8.17. The van der Waals surface area contributed by atoms with Gasteiger partial charge in [0.1, 0.15) is 0 Å². The van der Waals surface area contributed by atoms with Crippen LogP contribution >= 0.6 is 23.5 Å². The van der Waals surface area contributed by atoms with Crippen molar-refractivity contribution in [1.82, 2.24) is 0 Å². The molecule has 0 bridgehead atoms. The Kier molecular flexibility index (Phi) is 7.53. The first-order valence-electron chi connectivity index (χ1n) is 8.01. The van der Waals surface area contributed by atoms with Gasteiger partial charge < -0.3 is 15.9 Å². The van der Waals surface area contributed by atoms with Crippen LogP contribution in [-0.4, -0.2) is 44.6 Å². The Morgan fingerprint density at radius 3 is 2.30 bits per heavy atom. The number of thioether (sulfide) groups is 2. The van der Waals surface area contributed by atoms with Crippen molar-refractivity contribution in [3.8, 4) is 0 Å². The highest BCUT2D eigenvalue weighted by Crippen LogP contribution is 2.35. The molecule has 1 aliphatic carbocycles. The molecule has 1 heterocycles. The molecule has 0 spiro atoms. The molecule has 2 fully saturated rings. The van der Waals surface area contributed by atoms with Gasteiger partial charge >= 0.3 is 0 Å². The molecule has 1 saturated heterocycles. The van der Waals surface area contributed by atoms with Crippen molar-refractivity contribution in [2.75, 3.05) is 11.5 Å². The lowest BCUT2D eigenvalue weighted by Gasteiger charge is -2.30. The third-order valence-corrected chi connectivity index (χ3v) is 7.63. The Morgan fingerprint density at radius 1 is 1.00 bits per heavy atom. The van der Waals surface area contributed by atoms with Gasteiger partial charge in [-0.3, -0.25) is 0 Å². The molecule has 118 valence electrons. The largest absolute Gasteiger partial charge is 0.391 e. The lowest BCUT2D eigenvalue weighted by molar-refractivity contribution is 0.0644. The second kappa shape index (κ2) is 8.89. The fourth-order valence-corrected chi connectivity index (χ4v) is 6.12. The van der Waals surface area contributed by atoms with Gasteiger partial charge in [-0.2, -0.15) is 0 Å². The van der Waals surface area contributed by atoms with Crippen molar-refractivity contribution < 1.29 is 10.2 Å². The molecule has 5 heteroatoms. The van der Waals surface area contributed by atoms with Crippen molar-refractivity contribution in [1.29, 1.82) is 0 Å². The molecule has 0 aromatic heterocycles. The SMILES string of the molecule is NC(CC1CCCCC1)C(O)CC(O)C1SCCCS1. The molecule has 0 amide bonds. The van der Waals surface area contributed by atoms with E-state index in [0.29, 0.717) is 12.3 Å². The van der Waals surface area contributed by atoms with Gasteiger partial charge in [-0.05, 0) is 30.3 Å². The van der Waals surface area contributed by atoms with E-state index in [-0.39, 0.29) is 10.6 Å². The number of hydrogen-bond donors (Lipinski definition) is 3. The van der Waals surface area contributed by atoms with Crippen LogP contribution in [0.1, 0.15) is 51.4 Å². The van der Waals surface area contributed by atoms with E-state index in [1.54, 1.807) is 0 Å². The molecule has 0 aromatic carbocycles. The molecule has 0 radical (unpaired) electrons. The smallest absolute Gasteiger partial charge is 0.0775 e. The van der Waals surface area contributed by atoms with Crippen LogP contribution in [0.4, 0.5) is 0 Å². The molecule has 3 nitrogen and oxygen atoms in total. The fraction of sp³-hybridized carbons (Fsp3) is 1.00. The zero-order valence-electron chi connectivity index (χ0n) is 12.2. The van der Waals surface area contributed by atoms with Gasteiger partial charge in [0.25, 0.3) is 0 Å². The van der Waals surface area contributed by atoms with E-state index >= 15 is 0 Å². The van der Waals surface area contributed by atoms with E-state index in [2.05, 4.69) is 0 Å². The van der Waals surface area contributed by atoms with E-state index in [9.17, 15) is 10.2 Å². The average Bonchev–Trinajstić information content (AvgIpc) is 2.49. The molecular weight excluding hydrogens is 290 g/mol.